The van der Waals surface area contributed by atoms with Gasteiger partial charge in [-0.2, -0.15) is 0 Å². The first-order valence-electron chi connectivity index (χ1n) is 5.04. The summed E-state index contributed by atoms with van der Waals surface area (Å²) in [7, 11) is 0. The first-order chi connectivity index (χ1) is 6.86. The van der Waals surface area contributed by atoms with Crippen LogP contribution in [0.2, 0.25) is 0 Å². The van der Waals surface area contributed by atoms with Crippen molar-refractivity contribution in [3.05, 3.63) is 29.1 Å². The van der Waals surface area contributed by atoms with Gasteiger partial charge in [0.15, 0.2) is 0 Å². The Hall–Kier alpha value is -1.09. The molecule has 0 radical (unpaired) electrons. The summed E-state index contributed by atoms with van der Waals surface area (Å²) in [5, 5.41) is 3.31. The van der Waals surface area contributed by atoms with Gasteiger partial charge in [-0.05, 0) is 19.0 Å². The number of benzene rings is 1. The summed E-state index contributed by atoms with van der Waals surface area (Å²) in [6.07, 6.45) is 1.84. The minimum Gasteiger partial charge on any atom is -0.492 e. The number of rotatable bonds is 1. The van der Waals surface area contributed by atoms with E-state index < -0.39 is 0 Å². The van der Waals surface area contributed by atoms with E-state index in [1.54, 1.807) is 6.07 Å². The Kier molecular flexibility index (Phi) is 1.74. The van der Waals surface area contributed by atoms with Crippen molar-refractivity contribution in [2.45, 2.75) is 18.9 Å². The molecule has 0 bridgehead atoms. The van der Waals surface area contributed by atoms with Crippen molar-refractivity contribution >= 4 is 0 Å². The third kappa shape index (κ3) is 1.05. The fraction of sp³-hybridized carbons (Fsp3) is 0.455. The van der Waals surface area contributed by atoms with E-state index in [2.05, 4.69) is 5.32 Å². The molecule has 0 amide bonds. The Labute approximate surface area is 82.1 Å². The predicted molar refractivity (Wildman–Crippen MR) is 51.0 cm³/mol. The first kappa shape index (κ1) is 8.24. The molecule has 3 rings (SSSR count). The van der Waals surface area contributed by atoms with E-state index in [1.165, 1.54) is 0 Å². The topological polar surface area (TPSA) is 21.3 Å². The van der Waals surface area contributed by atoms with Crippen LogP contribution in [-0.4, -0.2) is 13.2 Å². The summed E-state index contributed by atoms with van der Waals surface area (Å²) in [5.41, 5.74) is 1.89. The molecule has 1 aromatic rings. The third-order valence-electron chi connectivity index (χ3n) is 3.03. The molecule has 0 aromatic heterocycles. The summed E-state index contributed by atoms with van der Waals surface area (Å²) in [4.78, 5) is 0. The maximum atomic E-state index is 13.4. The van der Waals surface area contributed by atoms with Gasteiger partial charge in [0.05, 0.1) is 6.61 Å². The third-order valence-corrected chi connectivity index (χ3v) is 3.03. The summed E-state index contributed by atoms with van der Waals surface area (Å²) in [5.74, 6) is 0.669. The van der Waals surface area contributed by atoms with Gasteiger partial charge in [-0.3, -0.25) is 0 Å². The molecule has 0 saturated carbocycles. The molecule has 1 N–H and O–H groups in total. The highest BCUT2D eigenvalue weighted by Crippen LogP contribution is 2.38. The summed E-state index contributed by atoms with van der Waals surface area (Å²) in [6, 6.07) is 3.78. The van der Waals surface area contributed by atoms with E-state index in [9.17, 15) is 4.39 Å². The second-order valence-corrected chi connectivity index (χ2v) is 3.84. The number of nitrogens with one attached hydrogen (secondary N) is 1. The van der Waals surface area contributed by atoms with Crippen LogP contribution in [0.15, 0.2) is 12.1 Å². The molecular formula is C11H12FNO. The lowest BCUT2D eigenvalue weighted by Gasteiger charge is -2.29. The Bertz CT molecular complexity index is 374. The molecule has 14 heavy (non-hydrogen) atoms. The zero-order valence-electron chi connectivity index (χ0n) is 7.85. The number of hydrogen-bond acceptors (Lipinski definition) is 2. The molecule has 1 unspecified atom stereocenters. The minimum atomic E-state index is -0.124. The molecule has 2 aliphatic heterocycles. The van der Waals surface area contributed by atoms with Crippen LogP contribution < -0.4 is 10.1 Å². The molecule has 74 valence electrons. The van der Waals surface area contributed by atoms with Crippen LogP contribution in [0.1, 0.15) is 23.6 Å². The molecule has 2 heterocycles. The van der Waals surface area contributed by atoms with Crippen molar-refractivity contribution in [3.63, 3.8) is 0 Å². The lowest BCUT2D eigenvalue weighted by Crippen LogP contribution is -2.35. The Morgan fingerprint density at radius 2 is 2.29 bits per heavy atom. The molecule has 1 atom stereocenters. The number of fused-ring (bicyclic) bond motifs is 1. The second kappa shape index (κ2) is 2.95. The van der Waals surface area contributed by atoms with E-state index in [4.69, 9.17) is 4.74 Å². The van der Waals surface area contributed by atoms with Crippen LogP contribution in [0.25, 0.3) is 0 Å². The van der Waals surface area contributed by atoms with Crippen LogP contribution in [0.4, 0.5) is 4.39 Å². The Morgan fingerprint density at radius 3 is 3.00 bits per heavy atom. The van der Waals surface area contributed by atoms with Gasteiger partial charge in [0.1, 0.15) is 11.6 Å². The van der Waals surface area contributed by atoms with Crippen LogP contribution >= 0.6 is 0 Å². The normalized spacial score (nSPS) is 23.9. The standard InChI is InChI=1S/C11H12FNO/c12-9-2-1-8(10-3-5-13-10)11-7(9)4-6-14-11/h1-2,10,13H,3-6H2. The van der Waals surface area contributed by atoms with E-state index in [0.717, 1.165) is 29.8 Å². The van der Waals surface area contributed by atoms with E-state index in [1.807, 2.05) is 6.07 Å². The molecule has 1 aromatic carbocycles. The molecule has 0 spiro atoms. The van der Waals surface area contributed by atoms with Crippen molar-refractivity contribution < 1.29 is 9.13 Å². The smallest absolute Gasteiger partial charge is 0.130 e. The quantitative estimate of drug-likeness (QED) is 0.734. The van der Waals surface area contributed by atoms with Crippen LogP contribution in [0.3, 0.4) is 0 Å². The monoisotopic (exact) mass is 193 g/mol. The van der Waals surface area contributed by atoms with Gasteiger partial charge >= 0.3 is 0 Å². The van der Waals surface area contributed by atoms with Crippen molar-refractivity contribution in [2.75, 3.05) is 13.2 Å². The number of halogens is 1. The van der Waals surface area contributed by atoms with Gasteiger partial charge in [0.25, 0.3) is 0 Å². The summed E-state index contributed by atoms with van der Waals surface area (Å²) < 4.78 is 18.8. The summed E-state index contributed by atoms with van der Waals surface area (Å²) in [6.45, 7) is 1.67. The maximum Gasteiger partial charge on any atom is 0.130 e. The van der Waals surface area contributed by atoms with Crippen molar-refractivity contribution in [1.82, 2.24) is 5.32 Å². The van der Waals surface area contributed by atoms with E-state index in [0.29, 0.717) is 19.1 Å². The number of ether oxygens (including phenoxy) is 1. The average molecular weight is 193 g/mol. The second-order valence-electron chi connectivity index (χ2n) is 3.84. The zero-order valence-corrected chi connectivity index (χ0v) is 7.85. The SMILES string of the molecule is Fc1ccc(C2CCN2)c2c1CCO2. The lowest BCUT2D eigenvalue weighted by molar-refractivity contribution is 0.329. The van der Waals surface area contributed by atoms with Crippen molar-refractivity contribution in [1.29, 1.82) is 0 Å². The maximum absolute atomic E-state index is 13.4. The van der Waals surface area contributed by atoms with E-state index in [-0.39, 0.29) is 5.82 Å². The molecule has 2 nitrogen and oxygen atoms in total. The van der Waals surface area contributed by atoms with Crippen LogP contribution in [0.5, 0.6) is 5.75 Å². The highest BCUT2D eigenvalue weighted by atomic mass is 19.1. The summed E-state index contributed by atoms with van der Waals surface area (Å²) >= 11 is 0. The van der Waals surface area contributed by atoms with Gasteiger partial charge in [0, 0.05) is 23.6 Å². The Balaban J connectivity index is 2.08. The largest absolute Gasteiger partial charge is 0.492 e. The highest BCUT2D eigenvalue weighted by molar-refractivity contribution is 5.47. The molecule has 2 aliphatic rings. The van der Waals surface area contributed by atoms with Gasteiger partial charge in [-0.1, -0.05) is 6.07 Å². The average Bonchev–Trinajstić information content (AvgIpc) is 2.55. The highest BCUT2D eigenvalue weighted by Gasteiger charge is 2.27. The fourth-order valence-electron chi connectivity index (χ4n) is 2.11. The number of hydrogen-bond donors (Lipinski definition) is 1. The molecule has 3 heteroatoms. The molecule has 1 saturated heterocycles. The van der Waals surface area contributed by atoms with E-state index >= 15 is 0 Å². The van der Waals surface area contributed by atoms with Crippen molar-refractivity contribution in [2.24, 2.45) is 0 Å². The minimum absolute atomic E-state index is 0.124. The van der Waals surface area contributed by atoms with Crippen molar-refractivity contribution in [3.8, 4) is 5.75 Å². The molecular weight excluding hydrogens is 181 g/mol. The van der Waals surface area contributed by atoms with Gasteiger partial charge < -0.3 is 10.1 Å². The molecule has 1 fully saturated rings. The molecule has 0 aliphatic carbocycles. The zero-order chi connectivity index (χ0) is 9.54. The lowest BCUT2D eigenvalue weighted by atomic mass is 9.95. The van der Waals surface area contributed by atoms with Gasteiger partial charge in [-0.15, -0.1) is 0 Å². The van der Waals surface area contributed by atoms with Crippen LogP contribution in [-0.2, 0) is 6.42 Å². The van der Waals surface area contributed by atoms with Gasteiger partial charge in [0.2, 0.25) is 0 Å². The van der Waals surface area contributed by atoms with Crippen LogP contribution in [0, 0.1) is 5.82 Å². The fourth-order valence-corrected chi connectivity index (χ4v) is 2.11. The first-order valence-corrected chi connectivity index (χ1v) is 5.04. The Morgan fingerprint density at radius 1 is 1.43 bits per heavy atom. The van der Waals surface area contributed by atoms with Gasteiger partial charge in [-0.25, -0.2) is 4.39 Å². The predicted octanol–water partition coefficient (Wildman–Crippen LogP) is 1.79.